The third-order valence-electron chi connectivity index (χ3n) is 1.98. The first-order chi connectivity index (χ1) is 8.88. The van der Waals surface area contributed by atoms with E-state index in [0.717, 1.165) is 4.31 Å². The third-order valence-corrected chi connectivity index (χ3v) is 3.20. The van der Waals surface area contributed by atoms with E-state index in [2.05, 4.69) is 14.6 Å². The maximum absolute atomic E-state index is 12.0. The Kier molecular flexibility index (Phi) is 5.10. The smallest absolute Gasteiger partial charge is 0.265 e. The minimum Gasteiger partial charge on any atom is -0.265 e. The summed E-state index contributed by atoms with van der Waals surface area (Å²) in [5.74, 6) is -0.739. The summed E-state index contributed by atoms with van der Waals surface area (Å²) in [6, 6.07) is 8.00. The molecule has 0 aliphatic rings. The van der Waals surface area contributed by atoms with Crippen LogP contribution in [0.5, 0.6) is 0 Å². The van der Waals surface area contributed by atoms with Gasteiger partial charge in [0.2, 0.25) is 0 Å². The van der Waals surface area contributed by atoms with Gasteiger partial charge in [0.15, 0.2) is 0 Å². The molecule has 0 bridgehead atoms. The Balaban J connectivity index is 3.00. The summed E-state index contributed by atoms with van der Waals surface area (Å²) in [7, 11) is -0.264. The molecule has 0 saturated heterocycles. The molecule has 0 unspecified atom stereocenters. The van der Waals surface area contributed by atoms with Crippen LogP contribution in [0, 0.1) is 0 Å². The Morgan fingerprint density at radius 2 is 1.79 bits per heavy atom. The molecular weight excluding hydrogens is 272 g/mol. The highest BCUT2D eigenvalue weighted by Gasteiger charge is 2.25. The van der Waals surface area contributed by atoms with Gasteiger partial charge >= 0.3 is 16.2 Å². The number of carbonyl (C=O) groups excluding carboxylic acids is 1. The molecule has 0 N–H and O–H groups in total. The van der Waals surface area contributed by atoms with Crippen molar-refractivity contribution in [3.63, 3.8) is 0 Å². The summed E-state index contributed by atoms with van der Waals surface area (Å²) in [5, 5.41) is 7.02. The van der Waals surface area contributed by atoms with E-state index in [1.165, 1.54) is 33.3 Å². The van der Waals surface area contributed by atoms with Gasteiger partial charge in [0.25, 0.3) is 0 Å². The van der Waals surface area contributed by atoms with Crippen LogP contribution in [0.2, 0.25) is 0 Å². The lowest BCUT2D eigenvalue weighted by Crippen LogP contribution is -2.34. The molecule has 8 nitrogen and oxygen atoms in total. The van der Waals surface area contributed by atoms with Gasteiger partial charge < -0.3 is 0 Å². The molecule has 0 heterocycles. The summed E-state index contributed by atoms with van der Waals surface area (Å²) >= 11 is 0. The second-order valence-corrected chi connectivity index (χ2v) is 5.28. The molecule has 0 fully saturated rings. The van der Waals surface area contributed by atoms with Gasteiger partial charge in [-0.3, -0.25) is 4.79 Å². The fraction of sp³-hybridized carbons (Fsp3) is 0.300. The van der Waals surface area contributed by atoms with Gasteiger partial charge in [-0.2, -0.15) is 17.8 Å². The van der Waals surface area contributed by atoms with Gasteiger partial charge in [-0.1, -0.05) is 23.4 Å². The van der Waals surface area contributed by atoms with Crippen LogP contribution < -0.4 is 0 Å². The number of benzene rings is 1. The van der Waals surface area contributed by atoms with Crippen molar-refractivity contribution in [2.75, 3.05) is 21.1 Å². The predicted molar refractivity (Wildman–Crippen MR) is 67.1 cm³/mol. The van der Waals surface area contributed by atoms with Crippen LogP contribution >= 0.6 is 0 Å². The van der Waals surface area contributed by atoms with Crippen molar-refractivity contribution in [3.8, 4) is 0 Å². The Hall–Kier alpha value is -1.84. The summed E-state index contributed by atoms with van der Waals surface area (Å²) in [4.78, 5) is 12.0. The number of rotatable bonds is 5. The first-order valence-electron chi connectivity index (χ1n) is 5.20. The van der Waals surface area contributed by atoms with Crippen LogP contribution in [0.3, 0.4) is 0 Å². The van der Waals surface area contributed by atoms with Crippen LogP contribution in [-0.2, 0) is 14.6 Å². The number of hydroxylamine groups is 1. The molecule has 0 saturated carbocycles. The van der Waals surface area contributed by atoms with Crippen molar-refractivity contribution in [2.24, 2.45) is 10.3 Å². The van der Waals surface area contributed by atoms with Crippen LogP contribution in [0.25, 0.3) is 0 Å². The lowest BCUT2D eigenvalue weighted by molar-refractivity contribution is -0.0372. The highest BCUT2D eigenvalue weighted by atomic mass is 32.2. The van der Waals surface area contributed by atoms with Crippen LogP contribution in [-0.4, -0.2) is 44.9 Å². The summed E-state index contributed by atoms with van der Waals surface area (Å²) in [6.45, 7) is 0. The van der Waals surface area contributed by atoms with Crippen molar-refractivity contribution >= 4 is 16.2 Å². The highest BCUT2D eigenvalue weighted by molar-refractivity contribution is 7.84. The quantitative estimate of drug-likeness (QED) is 0.593. The molecule has 1 aromatic carbocycles. The average molecular weight is 286 g/mol. The van der Waals surface area contributed by atoms with Gasteiger partial charge in [-0.05, 0) is 17.4 Å². The molecule has 0 aromatic heterocycles. The van der Waals surface area contributed by atoms with E-state index in [9.17, 15) is 13.2 Å². The molecule has 0 aliphatic carbocycles. The Bertz CT molecular complexity index is 556. The van der Waals surface area contributed by atoms with Gasteiger partial charge in [0.05, 0.1) is 7.05 Å². The molecule has 19 heavy (non-hydrogen) atoms. The van der Waals surface area contributed by atoms with E-state index in [1.54, 1.807) is 18.2 Å². The molecule has 104 valence electrons. The minimum absolute atomic E-state index is 0.226. The zero-order valence-electron chi connectivity index (χ0n) is 10.7. The van der Waals surface area contributed by atoms with Crippen molar-refractivity contribution < 1.29 is 17.5 Å². The van der Waals surface area contributed by atoms with E-state index in [0.29, 0.717) is 5.17 Å². The third kappa shape index (κ3) is 4.09. The standard InChI is InChI=1S/C10H14N4O4S/c1-11-12-14(18-19(16,17)13(2)3)10(15)9-7-5-4-6-8-9/h4-8H,1-3H3. The van der Waals surface area contributed by atoms with E-state index < -0.39 is 16.2 Å². The predicted octanol–water partition coefficient (Wildman–Crippen LogP) is 0.864. The van der Waals surface area contributed by atoms with Gasteiger partial charge in [0, 0.05) is 19.7 Å². The second kappa shape index (κ2) is 6.36. The first kappa shape index (κ1) is 15.2. The minimum atomic E-state index is -4.09. The maximum Gasteiger partial charge on any atom is 0.360 e. The SMILES string of the molecule is CN=NN(OS(=O)(=O)N(C)C)C(=O)c1ccccc1. The molecule has 0 radical (unpaired) electrons. The van der Waals surface area contributed by atoms with Crippen LogP contribution in [0.1, 0.15) is 10.4 Å². The molecule has 0 atom stereocenters. The Morgan fingerprint density at radius 3 is 2.26 bits per heavy atom. The number of hydrogen-bond acceptors (Lipinski definition) is 6. The fourth-order valence-electron chi connectivity index (χ4n) is 1.02. The van der Waals surface area contributed by atoms with Crippen molar-refractivity contribution in [1.29, 1.82) is 0 Å². The van der Waals surface area contributed by atoms with E-state index >= 15 is 0 Å². The summed E-state index contributed by atoms with van der Waals surface area (Å²) in [6.07, 6.45) is 0. The average Bonchev–Trinajstić information content (AvgIpc) is 2.38. The topological polar surface area (TPSA) is 91.6 Å². The van der Waals surface area contributed by atoms with Gasteiger partial charge in [-0.25, -0.2) is 0 Å². The van der Waals surface area contributed by atoms with Gasteiger partial charge in [0.1, 0.15) is 0 Å². The molecule has 1 amide bonds. The summed E-state index contributed by atoms with van der Waals surface area (Å²) in [5.41, 5.74) is 0.226. The Morgan fingerprint density at radius 1 is 1.21 bits per heavy atom. The second-order valence-electron chi connectivity index (χ2n) is 3.55. The molecule has 0 spiro atoms. The highest BCUT2D eigenvalue weighted by Crippen LogP contribution is 2.10. The number of hydrogen-bond donors (Lipinski definition) is 0. The van der Waals surface area contributed by atoms with Crippen LogP contribution in [0.4, 0.5) is 0 Å². The van der Waals surface area contributed by atoms with E-state index in [1.807, 2.05) is 0 Å². The number of amides is 1. The number of carbonyl (C=O) groups is 1. The zero-order chi connectivity index (χ0) is 14.5. The fourth-order valence-corrected chi connectivity index (χ4v) is 1.43. The molecule has 9 heteroatoms. The van der Waals surface area contributed by atoms with Crippen molar-refractivity contribution in [2.45, 2.75) is 0 Å². The van der Waals surface area contributed by atoms with Gasteiger partial charge in [-0.15, -0.1) is 4.28 Å². The number of nitrogens with zero attached hydrogens (tertiary/aromatic N) is 4. The molecule has 1 rings (SSSR count). The van der Waals surface area contributed by atoms with Crippen LogP contribution in [0.15, 0.2) is 40.7 Å². The van der Waals surface area contributed by atoms with Crippen molar-refractivity contribution in [1.82, 2.24) is 9.48 Å². The monoisotopic (exact) mass is 286 g/mol. The maximum atomic E-state index is 12.0. The Labute approximate surface area is 111 Å². The normalized spacial score (nSPS) is 12.0. The lowest BCUT2D eigenvalue weighted by atomic mass is 10.2. The molecule has 0 aliphatic heterocycles. The lowest BCUT2D eigenvalue weighted by Gasteiger charge is -2.16. The first-order valence-corrected chi connectivity index (χ1v) is 6.56. The van der Waals surface area contributed by atoms with E-state index in [4.69, 9.17) is 0 Å². The molecule has 1 aromatic rings. The summed E-state index contributed by atoms with van der Waals surface area (Å²) < 4.78 is 28.5. The largest absolute Gasteiger partial charge is 0.360 e. The van der Waals surface area contributed by atoms with E-state index in [-0.39, 0.29) is 5.56 Å². The zero-order valence-corrected chi connectivity index (χ0v) is 11.5. The van der Waals surface area contributed by atoms with Crippen molar-refractivity contribution in [3.05, 3.63) is 35.9 Å². The molecular formula is C10H14N4O4S.